The van der Waals surface area contributed by atoms with Crippen molar-refractivity contribution in [2.24, 2.45) is 17.8 Å². The average molecular weight is 339 g/mol. The van der Waals surface area contributed by atoms with Gasteiger partial charge in [-0.2, -0.15) is 0 Å². The van der Waals surface area contributed by atoms with E-state index in [9.17, 15) is 4.79 Å². The minimum Gasteiger partial charge on any atom is -0.497 e. The van der Waals surface area contributed by atoms with Crippen LogP contribution in [-0.2, 0) is 19.0 Å². The number of carbonyl (C=O) groups excluding carboxylic acids is 1. The Hall–Kier alpha value is -2.44. The highest BCUT2D eigenvalue weighted by Crippen LogP contribution is 2.55. The lowest BCUT2D eigenvalue weighted by Gasteiger charge is -2.51. The maximum Gasteiger partial charge on any atom is 0.240 e. The fourth-order valence-corrected chi connectivity index (χ4v) is 4.43. The summed E-state index contributed by atoms with van der Waals surface area (Å²) in [5.74, 6) is -1.84. The van der Waals surface area contributed by atoms with Crippen molar-refractivity contribution < 1.29 is 23.4 Å². The summed E-state index contributed by atoms with van der Waals surface area (Å²) in [5.41, 5.74) is 2.27. The summed E-state index contributed by atoms with van der Waals surface area (Å²) in [6, 6.07) is 7.57. The third kappa shape index (κ3) is 1.75. The van der Waals surface area contributed by atoms with Crippen LogP contribution in [0.3, 0.4) is 0 Å². The van der Waals surface area contributed by atoms with Crippen molar-refractivity contribution >= 4 is 22.5 Å². The number of Topliss-reactive ketones (excluding diaryl/α,β-unsaturated/α-hetero) is 1. The predicted molar refractivity (Wildman–Crippen MR) is 88.2 cm³/mol. The van der Waals surface area contributed by atoms with Crippen molar-refractivity contribution in [3.8, 4) is 0 Å². The van der Waals surface area contributed by atoms with Gasteiger partial charge in [-0.25, -0.2) is 4.98 Å². The lowest BCUT2D eigenvalue weighted by atomic mass is 9.60. The zero-order valence-electron chi connectivity index (χ0n) is 13.8. The number of hydrogen-bond acceptors (Lipinski definition) is 6. The van der Waals surface area contributed by atoms with Gasteiger partial charge in [-0.3, -0.25) is 4.79 Å². The van der Waals surface area contributed by atoms with Crippen molar-refractivity contribution in [3.05, 3.63) is 48.6 Å². The molecule has 1 saturated carbocycles. The van der Waals surface area contributed by atoms with E-state index in [-0.39, 0.29) is 17.8 Å². The summed E-state index contributed by atoms with van der Waals surface area (Å²) >= 11 is 0. The number of fused-ring (bicyclic) bond motifs is 2. The van der Waals surface area contributed by atoms with Crippen molar-refractivity contribution in [2.75, 3.05) is 14.2 Å². The van der Waals surface area contributed by atoms with E-state index in [1.165, 1.54) is 14.2 Å². The fourth-order valence-electron chi connectivity index (χ4n) is 4.43. The number of hydrogen-bond donors (Lipinski definition) is 0. The second-order valence-corrected chi connectivity index (χ2v) is 6.56. The highest BCUT2D eigenvalue weighted by atomic mass is 16.7. The number of benzene rings is 1. The standard InChI is InChI=1S/C19H17NO5/c1-22-19(23-2)15-12(18-20-13-5-3-4-6-14(13)25-18)9-11(17(19)21)10-7-8-24-16(10)15/h3-11,15-16H,1-2H3/t10-,11+,15-,16-/m0/s1. The van der Waals surface area contributed by atoms with Crippen LogP contribution in [0.25, 0.3) is 16.7 Å². The first-order valence-corrected chi connectivity index (χ1v) is 8.24. The minimum atomic E-state index is -1.39. The molecule has 128 valence electrons. The van der Waals surface area contributed by atoms with Gasteiger partial charge in [0, 0.05) is 25.7 Å². The number of para-hydroxylation sites is 2. The molecule has 6 nitrogen and oxygen atoms in total. The van der Waals surface area contributed by atoms with E-state index in [1.807, 2.05) is 36.4 Å². The van der Waals surface area contributed by atoms with Gasteiger partial charge in [0.15, 0.2) is 11.4 Å². The summed E-state index contributed by atoms with van der Waals surface area (Å²) in [6.45, 7) is 0. The second kappa shape index (κ2) is 5.03. The molecule has 4 aliphatic rings. The molecule has 1 aromatic carbocycles. The maximum atomic E-state index is 13.0. The van der Waals surface area contributed by atoms with Crippen LogP contribution in [0.2, 0.25) is 0 Å². The number of oxazole rings is 1. The van der Waals surface area contributed by atoms with Gasteiger partial charge in [-0.15, -0.1) is 0 Å². The Balaban J connectivity index is 1.71. The number of carbonyl (C=O) groups is 1. The van der Waals surface area contributed by atoms with E-state index in [1.54, 1.807) is 6.26 Å². The average Bonchev–Trinajstić information content (AvgIpc) is 3.29. The zero-order valence-corrected chi connectivity index (χ0v) is 13.8. The molecule has 6 heteroatoms. The van der Waals surface area contributed by atoms with Gasteiger partial charge in [-0.05, 0) is 18.2 Å². The predicted octanol–water partition coefficient (Wildman–Crippen LogP) is 2.56. The second-order valence-electron chi connectivity index (χ2n) is 6.56. The topological polar surface area (TPSA) is 70.8 Å². The zero-order chi connectivity index (χ0) is 17.2. The Labute approximate surface area is 144 Å². The van der Waals surface area contributed by atoms with Crippen LogP contribution in [0.15, 0.2) is 47.1 Å². The summed E-state index contributed by atoms with van der Waals surface area (Å²) in [6.07, 6.45) is 5.30. The summed E-state index contributed by atoms with van der Waals surface area (Å²) in [7, 11) is 2.98. The summed E-state index contributed by atoms with van der Waals surface area (Å²) in [4.78, 5) is 17.6. The quantitative estimate of drug-likeness (QED) is 0.801. The van der Waals surface area contributed by atoms with Crippen LogP contribution in [0.1, 0.15) is 5.89 Å². The molecule has 2 bridgehead atoms. The number of methoxy groups -OCH3 is 2. The minimum absolute atomic E-state index is 0.0101. The van der Waals surface area contributed by atoms with Gasteiger partial charge in [0.2, 0.25) is 11.7 Å². The molecule has 2 heterocycles. The number of rotatable bonds is 3. The lowest BCUT2D eigenvalue weighted by Crippen LogP contribution is -2.65. The van der Waals surface area contributed by atoms with Crippen LogP contribution in [0, 0.1) is 17.8 Å². The Morgan fingerprint density at radius 1 is 1.20 bits per heavy atom. The molecule has 3 aliphatic carbocycles. The first kappa shape index (κ1) is 14.9. The molecule has 1 fully saturated rings. The molecule has 0 amide bonds. The SMILES string of the molecule is COC1(OC)C(=O)[C@@H]2C=C(c3nc4ccccc4o3)[C@H]1[C@H]1OC=C[C@H]12. The van der Waals surface area contributed by atoms with Crippen LogP contribution in [-0.4, -0.2) is 36.9 Å². The molecule has 0 spiro atoms. The van der Waals surface area contributed by atoms with E-state index in [0.717, 1.165) is 11.1 Å². The van der Waals surface area contributed by atoms with Gasteiger partial charge in [-0.1, -0.05) is 18.2 Å². The number of ketones is 1. The number of aromatic nitrogens is 1. The molecule has 2 aromatic rings. The van der Waals surface area contributed by atoms with Gasteiger partial charge in [0.25, 0.3) is 0 Å². The van der Waals surface area contributed by atoms with E-state index in [2.05, 4.69) is 4.98 Å². The molecule has 4 atom stereocenters. The van der Waals surface area contributed by atoms with Crippen molar-refractivity contribution in [2.45, 2.75) is 11.9 Å². The van der Waals surface area contributed by atoms with Crippen molar-refractivity contribution in [1.29, 1.82) is 0 Å². The third-order valence-electron chi connectivity index (χ3n) is 5.56. The Kier molecular flexibility index (Phi) is 2.99. The van der Waals surface area contributed by atoms with E-state index >= 15 is 0 Å². The molecular formula is C19H17NO5. The van der Waals surface area contributed by atoms with Crippen LogP contribution >= 0.6 is 0 Å². The molecule has 0 radical (unpaired) electrons. The van der Waals surface area contributed by atoms with Gasteiger partial charge in [0.1, 0.15) is 11.6 Å². The van der Waals surface area contributed by atoms with Crippen LogP contribution in [0.4, 0.5) is 0 Å². The molecule has 1 aromatic heterocycles. The summed E-state index contributed by atoms with van der Waals surface area (Å²) in [5, 5.41) is 0. The Morgan fingerprint density at radius 2 is 2.00 bits per heavy atom. The van der Waals surface area contributed by atoms with Gasteiger partial charge in [0.05, 0.1) is 18.1 Å². The molecular weight excluding hydrogens is 322 g/mol. The normalized spacial score (nSPS) is 31.9. The van der Waals surface area contributed by atoms with Crippen molar-refractivity contribution in [3.63, 3.8) is 0 Å². The maximum absolute atomic E-state index is 13.0. The van der Waals surface area contributed by atoms with Crippen LogP contribution in [0.5, 0.6) is 0 Å². The Bertz CT molecular complexity index is 890. The van der Waals surface area contributed by atoms with Gasteiger partial charge >= 0.3 is 0 Å². The molecule has 6 rings (SSSR count). The van der Waals surface area contributed by atoms with E-state index < -0.39 is 17.6 Å². The number of allylic oxidation sites excluding steroid dienone is 1. The third-order valence-corrected chi connectivity index (χ3v) is 5.56. The molecule has 0 N–H and O–H groups in total. The molecule has 1 aliphatic heterocycles. The highest BCUT2D eigenvalue weighted by Gasteiger charge is 2.66. The first-order valence-electron chi connectivity index (χ1n) is 8.24. The monoisotopic (exact) mass is 339 g/mol. The molecule has 0 unspecified atom stereocenters. The van der Waals surface area contributed by atoms with E-state index in [0.29, 0.717) is 11.5 Å². The van der Waals surface area contributed by atoms with E-state index in [4.69, 9.17) is 18.6 Å². The van der Waals surface area contributed by atoms with Crippen LogP contribution < -0.4 is 0 Å². The Morgan fingerprint density at radius 3 is 2.76 bits per heavy atom. The fraction of sp³-hybridized carbons (Fsp3) is 0.368. The largest absolute Gasteiger partial charge is 0.497 e. The van der Waals surface area contributed by atoms with Gasteiger partial charge < -0.3 is 18.6 Å². The number of nitrogens with zero attached hydrogens (tertiary/aromatic N) is 1. The lowest BCUT2D eigenvalue weighted by molar-refractivity contribution is -0.250. The van der Waals surface area contributed by atoms with Crippen molar-refractivity contribution in [1.82, 2.24) is 4.98 Å². The first-order chi connectivity index (χ1) is 12.2. The molecule has 0 saturated heterocycles. The smallest absolute Gasteiger partial charge is 0.240 e. The molecule has 25 heavy (non-hydrogen) atoms. The number of ether oxygens (including phenoxy) is 3. The summed E-state index contributed by atoms with van der Waals surface area (Å²) < 4.78 is 23.0. The highest BCUT2D eigenvalue weighted by molar-refractivity contribution is 5.98.